The Kier molecular flexibility index (Phi) is 3.99. The minimum Gasteiger partial charge on any atom is -0.353 e. The number of nitrogens with zero attached hydrogens (tertiary/aromatic N) is 1. The van der Waals surface area contributed by atoms with E-state index in [1.807, 2.05) is 6.07 Å². The lowest BCUT2D eigenvalue weighted by molar-refractivity contribution is -0.117. The molecule has 21 heavy (non-hydrogen) atoms. The van der Waals surface area contributed by atoms with E-state index in [0.29, 0.717) is 21.6 Å². The van der Waals surface area contributed by atoms with Crippen molar-refractivity contribution in [2.45, 2.75) is 12.8 Å². The zero-order chi connectivity index (χ0) is 14.8. The first kappa shape index (κ1) is 14.2. The van der Waals surface area contributed by atoms with Crippen molar-refractivity contribution < 1.29 is 4.79 Å². The first-order valence-electron chi connectivity index (χ1n) is 6.61. The second kappa shape index (κ2) is 5.92. The highest BCUT2D eigenvalue weighted by Crippen LogP contribution is 2.30. The lowest BCUT2D eigenvalue weighted by Gasteiger charge is -2.09. The maximum absolute atomic E-state index is 11.6. The van der Waals surface area contributed by atoms with Crippen LogP contribution in [-0.2, 0) is 4.79 Å². The van der Waals surface area contributed by atoms with E-state index in [1.165, 1.54) is 0 Å². The van der Waals surface area contributed by atoms with Gasteiger partial charge in [0.25, 0.3) is 0 Å². The van der Waals surface area contributed by atoms with Crippen LogP contribution < -0.4 is 10.6 Å². The number of benzene rings is 1. The zero-order valence-corrected chi connectivity index (χ0v) is 12.6. The number of rotatable bonds is 4. The third-order valence-corrected chi connectivity index (χ3v) is 3.73. The van der Waals surface area contributed by atoms with Gasteiger partial charge < -0.3 is 10.6 Å². The Balaban J connectivity index is 1.68. The molecule has 1 aromatic carbocycles. The molecule has 0 aliphatic heterocycles. The van der Waals surface area contributed by atoms with Gasteiger partial charge in [-0.15, -0.1) is 0 Å². The maximum atomic E-state index is 11.6. The highest BCUT2D eigenvalue weighted by Gasteiger charge is 2.29. The molecule has 2 aromatic rings. The van der Waals surface area contributed by atoms with Gasteiger partial charge in [0.1, 0.15) is 5.82 Å². The molecular formula is C15H13Cl2N3O. The lowest BCUT2D eigenvalue weighted by atomic mass is 10.3. The molecule has 1 fully saturated rings. The normalized spacial score (nSPS) is 13.8. The van der Waals surface area contributed by atoms with Crippen LogP contribution in [-0.4, -0.2) is 10.9 Å². The fraction of sp³-hybridized carbons (Fsp3) is 0.200. The Morgan fingerprint density at radius 2 is 2.00 bits per heavy atom. The molecule has 6 heteroatoms. The van der Waals surface area contributed by atoms with Gasteiger partial charge in [-0.3, -0.25) is 4.79 Å². The van der Waals surface area contributed by atoms with Gasteiger partial charge in [0, 0.05) is 10.9 Å². The summed E-state index contributed by atoms with van der Waals surface area (Å²) in [6.07, 6.45) is 3.58. The monoisotopic (exact) mass is 321 g/mol. The number of hydrogen-bond acceptors (Lipinski definition) is 3. The molecule has 0 saturated heterocycles. The van der Waals surface area contributed by atoms with Crippen LogP contribution in [0.2, 0.25) is 10.0 Å². The molecule has 0 spiro atoms. The average Bonchev–Trinajstić information content (AvgIpc) is 3.29. The van der Waals surface area contributed by atoms with Crippen LogP contribution in [0.4, 0.5) is 17.2 Å². The molecule has 3 rings (SSSR count). The van der Waals surface area contributed by atoms with Crippen molar-refractivity contribution in [2.24, 2.45) is 5.92 Å². The first-order chi connectivity index (χ1) is 10.1. The summed E-state index contributed by atoms with van der Waals surface area (Å²) in [6.45, 7) is 0. The molecular weight excluding hydrogens is 309 g/mol. The number of anilines is 3. The van der Waals surface area contributed by atoms with E-state index >= 15 is 0 Å². The topological polar surface area (TPSA) is 54.0 Å². The van der Waals surface area contributed by atoms with E-state index in [9.17, 15) is 4.79 Å². The molecule has 0 unspecified atom stereocenters. The standard InChI is InChI=1S/C15H13Cl2N3O/c16-10-3-5-12(17)13(7-10)19-11-4-6-14(18-8-11)20-15(21)9-1-2-9/h3-9,19H,1-2H2,(H,18,20,21). The largest absolute Gasteiger partial charge is 0.353 e. The SMILES string of the molecule is O=C(Nc1ccc(Nc2cc(Cl)ccc2Cl)cn1)C1CC1. The molecule has 4 nitrogen and oxygen atoms in total. The van der Waals surface area contributed by atoms with E-state index < -0.39 is 0 Å². The van der Waals surface area contributed by atoms with Crippen LogP contribution in [0.5, 0.6) is 0 Å². The Bertz CT molecular complexity index is 669. The molecule has 0 radical (unpaired) electrons. The van der Waals surface area contributed by atoms with Crippen molar-refractivity contribution in [3.8, 4) is 0 Å². The molecule has 1 aliphatic carbocycles. The first-order valence-corrected chi connectivity index (χ1v) is 7.36. The highest BCUT2D eigenvalue weighted by molar-refractivity contribution is 6.35. The Morgan fingerprint density at radius 1 is 1.19 bits per heavy atom. The summed E-state index contributed by atoms with van der Waals surface area (Å²) < 4.78 is 0. The van der Waals surface area contributed by atoms with Crippen LogP contribution in [0.15, 0.2) is 36.5 Å². The van der Waals surface area contributed by atoms with Crippen molar-refractivity contribution in [1.29, 1.82) is 0 Å². The van der Waals surface area contributed by atoms with E-state index in [1.54, 1.807) is 30.5 Å². The second-order valence-corrected chi connectivity index (χ2v) is 5.79. The molecule has 1 heterocycles. The van der Waals surface area contributed by atoms with E-state index in [-0.39, 0.29) is 11.8 Å². The van der Waals surface area contributed by atoms with E-state index in [2.05, 4.69) is 15.6 Å². The van der Waals surface area contributed by atoms with Crippen molar-refractivity contribution in [1.82, 2.24) is 4.98 Å². The molecule has 0 bridgehead atoms. The third kappa shape index (κ3) is 3.65. The lowest BCUT2D eigenvalue weighted by Crippen LogP contribution is -2.14. The van der Waals surface area contributed by atoms with Crippen molar-refractivity contribution in [3.05, 3.63) is 46.6 Å². The van der Waals surface area contributed by atoms with Crippen LogP contribution >= 0.6 is 23.2 Å². The van der Waals surface area contributed by atoms with Gasteiger partial charge in [-0.05, 0) is 43.2 Å². The number of carbonyl (C=O) groups is 1. The summed E-state index contributed by atoms with van der Waals surface area (Å²) in [6, 6.07) is 8.77. The van der Waals surface area contributed by atoms with Gasteiger partial charge in [-0.25, -0.2) is 4.98 Å². The van der Waals surface area contributed by atoms with Gasteiger partial charge in [0.2, 0.25) is 5.91 Å². The molecule has 1 saturated carbocycles. The Hall–Kier alpha value is -1.78. The van der Waals surface area contributed by atoms with Crippen molar-refractivity contribution in [2.75, 3.05) is 10.6 Å². The quantitative estimate of drug-likeness (QED) is 0.872. The summed E-state index contributed by atoms with van der Waals surface area (Å²) >= 11 is 12.0. The number of carbonyl (C=O) groups excluding carboxylic acids is 1. The van der Waals surface area contributed by atoms with Crippen molar-refractivity contribution in [3.63, 3.8) is 0 Å². The molecule has 1 aliphatic rings. The fourth-order valence-electron chi connectivity index (χ4n) is 1.86. The van der Waals surface area contributed by atoms with Crippen LogP contribution in [0.3, 0.4) is 0 Å². The summed E-state index contributed by atoms with van der Waals surface area (Å²) in [5.41, 5.74) is 1.48. The molecule has 1 aromatic heterocycles. The minimum absolute atomic E-state index is 0.0427. The Labute approximate surface area is 132 Å². The summed E-state index contributed by atoms with van der Waals surface area (Å²) in [5, 5.41) is 7.10. The summed E-state index contributed by atoms with van der Waals surface area (Å²) in [5.74, 6) is 0.755. The van der Waals surface area contributed by atoms with Gasteiger partial charge in [0.15, 0.2) is 0 Å². The molecule has 0 atom stereocenters. The number of pyridine rings is 1. The smallest absolute Gasteiger partial charge is 0.228 e. The average molecular weight is 322 g/mol. The predicted molar refractivity (Wildman–Crippen MR) is 85.3 cm³/mol. The van der Waals surface area contributed by atoms with E-state index in [0.717, 1.165) is 18.5 Å². The van der Waals surface area contributed by atoms with Gasteiger partial charge in [-0.1, -0.05) is 23.2 Å². The van der Waals surface area contributed by atoms with Gasteiger partial charge in [0.05, 0.1) is 22.6 Å². The number of aromatic nitrogens is 1. The second-order valence-electron chi connectivity index (χ2n) is 4.94. The molecule has 1 amide bonds. The summed E-state index contributed by atoms with van der Waals surface area (Å²) in [4.78, 5) is 15.8. The number of amides is 1. The van der Waals surface area contributed by atoms with Gasteiger partial charge >= 0.3 is 0 Å². The number of nitrogens with one attached hydrogen (secondary N) is 2. The Morgan fingerprint density at radius 3 is 2.67 bits per heavy atom. The van der Waals surface area contributed by atoms with Gasteiger partial charge in [-0.2, -0.15) is 0 Å². The molecule has 2 N–H and O–H groups in total. The molecule has 108 valence electrons. The number of halogens is 2. The summed E-state index contributed by atoms with van der Waals surface area (Å²) in [7, 11) is 0. The maximum Gasteiger partial charge on any atom is 0.228 e. The van der Waals surface area contributed by atoms with Crippen LogP contribution in [0, 0.1) is 5.92 Å². The highest BCUT2D eigenvalue weighted by atomic mass is 35.5. The number of hydrogen-bond donors (Lipinski definition) is 2. The van der Waals surface area contributed by atoms with Crippen molar-refractivity contribution >= 4 is 46.3 Å². The van der Waals surface area contributed by atoms with E-state index in [4.69, 9.17) is 23.2 Å². The minimum atomic E-state index is 0.0427. The predicted octanol–water partition coefficient (Wildman–Crippen LogP) is 4.48. The van der Waals surface area contributed by atoms with Crippen LogP contribution in [0.25, 0.3) is 0 Å². The fourth-order valence-corrected chi connectivity index (χ4v) is 2.20. The van der Waals surface area contributed by atoms with Crippen LogP contribution in [0.1, 0.15) is 12.8 Å². The zero-order valence-electron chi connectivity index (χ0n) is 11.1. The third-order valence-electron chi connectivity index (χ3n) is 3.17.